The van der Waals surface area contributed by atoms with E-state index in [2.05, 4.69) is 16.0 Å². The van der Waals surface area contributed by atoms with Crippen molar-refractivity contribution < 1.29 is 18.8 Å². The smallest absolute Gasteiger partial charge is 0.272 e. The van der Waals surface area contributed by atoms with Crippen LogP contribution in [-0.4, -0.2) is 23.0 Å². The first-order valence-corrected chi connectivity index (χ1v) is 12.8. The van der Waals surface area contributed by atoms with Crippen LogP contribution in [0, 0.1) is 6.92 Å². The van der Waals surface area contributed by atoms with Gasteiger partial charge in [0, 0.05) is 27.9 Å². The van der Waals surface area contributed by atoms with Gasteiger partial charge in [-0.05, 0) is 68.4 Å². The second-order valence-corrected chi connectivity index (χ2v) is 9.91. The molecule has 0 aliphatic rings. The van der Waals surface area contributed by atoms with E-state index in [0.717, 1.165) is 16.1 Å². The lowest BCUT2D eigenvalue weighted by molar-refractivity contribution is -0.115. The highest BCUT2D eigenvalue weighted by Gasteiger charge is 2.17. The lowest BCUT2D eigenvalue weighted by atomic mass is 10.2. The first-order chi connectivity index (χ1) is 18.4. The molecular weight excluding hydrogens is 498 g/mol. The van der Waals surface area contributed by atoms with Crippen LogP contribution in [0.1, 0.15) is 28.6 Å². The fourth-order valence-corrected chi connectivity index (χ4v) is 4.37. The number of hydrogen-bond acceptors (Lipinski definition) is 5. The van der Waals surface area contributed by atoms with Gasteiger partial charge in [-0.2, -0.15) is 0 Å². The number of carbonyl (C=O) groups excluding carboxylic acids is 3. The highest BCUT2D eigenvalue weighted by Crippen LogP contribution is 2.27. The van der Waals surface area contributed by atoms with E-state index in [1.807, 2.05) is 44.2 Å². The molecule has 0 saturated heterocycles. The Balaban J connectivity index is 1.44. The molecule has 0 spiro atoms. The summed E-state index contributed by atoms with van der Waals surface area (Å²) in [6, 6.07) is 26.8. The highest BCUT2D eigenvalue weighted by atomic mass is 32.2. The summed E-state index contributed by atoms with van der Waals surface area (Å²) in [5.74, 6) is -0.643. The summed E-state index contributed by atoms with van der Waals surface area (Å²) < 4.78 is 5.34. The average molecular weight is 526 g/mol. The lowest BCUT2D eigenvalue weighted by Gasteiger charge is -2.14. The van der Waals surface area contributed by atoms with Gasteiger partial charge in [0.1, 0.15) is 11.5 Å². The van der Waals surface area contributed by atoms with Crippen molar-refractivity contribution in [1.82, 2.24) is 5.32 Å². The van der Waals surface area contributed by atoms with Crippen LogP contribution < -0.4 is 16.0 Å². The molecule has 0 radical (unpaired) electrons. The van der Waals surface area contributed by atoms with Crippen LogP contribution in [0.4, 0.5) is 11.4 Å². The maximum Gasteiger partial charge on any atom is 0.272 e. The van der Waals surface area contributed by atoms with Crippen molar-refractivity contribution in [2.45, 2.75) is 24.0 Å². The molecule has 7 nitrogen and oxygen atoms in total. The number of hydrogen-bond donors (Lipinski definition) is 3. The van der Waals surface area contributed by atoms with Crippen molar-refractivity contribution in [3.05, 3.63) is 120 Å². The minimum absolute atomic E-state index is 0.0257. The van der Waals surface area contributed by atoms with E-state index in [1.165, 1.54) is 24.1 Å². The highest BCUT2D eigenvalue weighted by molar-refractivity contribution is 8.00. The van der Waals surface area contributed by atoms with Gasteiger partial charge >= 0.3 is 0 Å². The molecule has 1 heterocycles. The Labute approximate surface area is 225 Å². The van der Waals surface area contributed by atoms with Crippen LogP contribution in [0.2, 0.25) is 0 Å². The zero-order valence-corrected chi connectivity index (χ0v) is 21.8. The number of furan rings is 1. The maximum absolute atomic E-state index is 13.2. The molecule has 3 amide bonds. The molecule has 8 heteroatoms. The van der Waals surface area contributed by atoms with Crippen molar-refractivity contribution in [1.29, 1.82) is 0 Å². The van der Waals surface area contributed by atoms with Gasteiger partial charge in [0.05, 0.1) is 11.5 Å². The number of rotatable bonds is 9. The molecule has 0 saturated carbocycles. The van der Waals surface area contributed by atoms with E-state index in [0.29, 0.717) is 17.0 Å². The minimum Gasteiger partial charge on any atom is -0.465 e. The van der Waals surface area contributed by atoms with Gasteiger partial charge in [0.2, 0.25) is 5.91 Å². The molecule has 4 aromatic rings. The molecule has 3 N–H and O–H groups in total. The third kappa shape index (κ3) is 7.47. The molecule has 0 fully saturated rings. The van der Waals surface area contributed by atoms with Crippen LogP contribution in [-0.2, 0) is 9.59 Å². The molecular formula is C30H27N3O4S. The zero-order valence-electron chi connectivity index (χ0n) is 20.9. The van der Waals surface area contributed by atoms with Crippen LogP contribution in [0.25, 0.3) is 6.08 Å². The first kappa shape index (κ1) is 26.5. The second kappa shape index (κ2) is 12.6. The Bertz CT molecular complexity index is 1430. The van der Waals surface area contributed by atoms with Crippen molar-refractivity contribution >= 4 is 46.9 Å². The normalized spacial score (nSPS) is 11.9. The topological polar surface area (TPSA) is 100 Å². The van der Waals surface area contributed by atoms with E-state index >= 15 is 0 Å². The zero-order chi connectivity index (χ0) is 26.9. The average Bonchev–Trinajstić information content (AvgIpc) is 3.43. The summed E-state index contributed by atoms with van der Waals surface area (Å²) in [5.41, 5.74) is 2.82. The number of thioether (sulfide) groups is 1. The van der Waals surface area contributed by atoms with Crippen LogP contribution in [0.5, 0.6) is 0 Å². The standard InChI is InChI=1S/C30H27N3O4S/c1-20-13-15-23(16-14-20)31-28(34)21(2)38-26-12-6-10-24(18-26)32-30(36)27(19-25-11-7-17-37-25)33-29(35)22-8-4-3-5-9-22/h3-19,21H,1-2H3,(H,31,34)(H,32,36)(H,33,35)/b27-19-. The molecule has 0 aliphatic carbocycles. The SMILES string of the molecule is Cc1ccc(NC(=O)C(C)Sc2cccc(NC(=O)/C(=C/c3ccco3)NC(=O)c3ccccc3)c2)cc1. The minimum atomic E-state index is -0.516. The van der Waals surface area contributed by atoms with Crippen molar-refractivity contribution in [3.8, 4) is 0 Å². The summed E-state index contributed by atoms with van der Waals surface area (Å²) >= 11 is 1.37. The Morgan fingerprint density at radius 1 is 0.842 bits per heavy atom. The summed E-state index contributed by atoms with van der Waals surface area (Å²) in [6.45, 7) is 3.81. The monoisotopic (exact) mass is 525 g/mol. The summed E-state index contributed by atoms with van der Waals surface area (Å²) in [5, 5.41) is 8.04. The molecule has 38 heavy (non-hydrogen) atoms. The third-order valence-electron chi connectivity index (χ3n) is 5.45. The molecule has 3 aromatic carbocycles. The molecule has 1 atom stereocenters. The van der Waals surface area contributed by atoms with E-state index in [-0.39, 0.29) is 16.9 Å². The molecule has 4 rings (SSSR count). The fourth-order valence-electron chi connectivity index (χ4n) is 3.44. The molecule has 1 aromatic heterocycles. The van der Waals surface area contributed by atoms with Gasteiger partial charge < -0.3 is 20.4 Å². The Morgan fingerprint density at radius 3 is 2.32 bits per heavy atom. The largest absolute Gasteiger partial charge is 0.465 e. The molecule has 1 unspecified atom stereocenters. The van der Waals surface area contributed by atoms with Crippen molar-refractivity contribution in [2.24, 2.45) is 0 Å². The van der Waals surface area contributed by atoms with Crippen LogP contribution in [0.15, 0.2) is 112 Å². The number of benzene rings is 3. The number of nitrogens with one attached hydrogen (secondary N) is 3. The number of aryl methyl sites for hydroxylation is 1. The predicted octanol–water partition coefficient (Wildman–Crippen LogP) is 6.12. The molecule has 0 aliphatic heterocycles. The number of carbonyl (C=O) groups is 3. The Morgan fingerprint density at radius 2 is 1.61 bits per heavy atom. The predicted molar refractivity (Wildman–Crippen MR) is 151 cm³/mol. The van der Waals surface area contributed by atoms with Gasteiger partial charge in [-0.15, -0.1) is 11.8 Å². The number of anilines is 2. The van der Waals surface area contributed by atoms with Gasteiger partial charge in [-0.25, -0.2) is 0 Å². The Kier molecular flexibility index (Phi) is 8.79. The van der Waals surface area contributed by atoms with Crippen LogP contribution in [0.3, 0.4) is 0 Å². The summed E-state index contributed by atoms with van der Waals surface area (Å²) in [6.07, 6.45) is 2.95. The quantitative estimate of drug-likeness (QED) is 0.181. The van der Waals surface area contributed by atoms with E-state index in [1.54, 1.807) is 60.7 Å². The number of amides is 3. The first-order valence-electron chi connectivity index (χ1n) is 11.9. The lowest BCUT2D eigenvalue weighted by Crippen LogP contribution is -2.30. The maximum atomic E-state index is 13.2. The third-order valence-corrected chi connectivity index (χ3v) is 6.55. The molecule has 0 bridgehead atoms. The van der Waals surface area contributed by atoms with E-state index in [9.17, 15) is 14.4 Å². The van der Waals surface area contributed by atoms with Crippen LogP contribution >= 0.6 is 11.8 Å². The Hall–Kier alpha value is -4.56. The van der Waals surface area contributed by atoms with Gasteiger partial charge in [0.15, 0.2) is 0 Å². The van der Waals surface area contributed by atoms with Crippen molar-refractivity contribution in [3.63, 3.8) is 0 Å². The fraction of sp³-hybridized carbons (Fsp3) is 0.100. The van der Waals surface area contributed by atoms with E-state index < -0.39 is 11.8 Å². The van der Waals surface area contributed by atoms with E-state index in [4.69, 9.17) is 4.42 Å². The summed E-state index contributed by atoms with van der Waals surface area (Å²) in [7, 11) is 0. The second-order valence-electron chi connectivity index (χ2n) is 8.49. The van der Waals surface area contributed by atoms with Gasteiger partial charge in [-0.1, -0.05) is 42.0 Å². The summed E-state index contributed by atoms with van der Waals surface area (Å²) in [4.78, 5) is 39.4. The van der Waals surface area contributed by atoms with Crippen molar-refractivity contribution in [2.75, 3.05) is 10.6 Å². The van der Waals surface area contributed by atoms with Gasteiger partial charge in [0.25, 0.3) is 11.8 Å². The van der Waals surface area contributed by atoms with Gasteiger partial charge in [-0.3, -0.25) is 14.4 Å². The molecule has 192 valence electrons.